The van der Waals surface area contributed by atoms with Crippen LogP contribution in [-0.4, -0.2) is 29.3 Å². The molecule has 0 aliphatic carbocycles. The average molecular weight is 335 g/mol. The molecular weight excluding hydrogens is 324 g/mol. The van der Waals surface area contributed by atoms with Crippen LogP contribution in [-0.2, 0) is 4.74 Å². The van der Waals surface area contributed by atoms with E-state index >= 15 is 0 Å². The number of carbonyl (C=O) groups is 1. The molecule has 7 heteroatoms. The summed E-state index contributed by atoms with van der Waals surface area (Å²) in [6.07, 6.45) is 4.04. The lowest BCUT2D eigenvalue weighted by Crippen LogP contribution is -2.07. The van der Waals surface area contributed by atoms with Crippen LogP contribution in [0.2, 0.25) is 0 Å². The largest absolute Gasteiger partial charge is 0.464 e. The Morgan fingerprint density at radius 3 is 2.95 bits per heavy atom. The highest BCUT2D eigenvalue weighted by Gasteiger charge is 2.09. The number of nitrogens with zero attached hydrogens (tertiary/aromatic N) is 2. The first-order valence-electron chi connectivity index (χ1n) is 5.61. The predicted molar refractivity (Wildman–Crippen MR) is 78.7 cm³/mol. The number of hydrogen-bond donors (Lipinski definition) is 2. The van der Waals surface area contributed by atoms with Gasteiger partial charge in [-0.3, -0.25) is 4.98 Å². The second-order valence-corrected chi connectivity index (χ2v) is 4.70. The lowest BCUT2D eigenvalue weighted by Gasteiger charge is -2.09. The van der Waals surface area contributed by atoms with Gasteiger partial charge in [-0.2, -0.15) is 0 Å². The molecule has 0 spiro atoms. The minimum atomic E-state index is -0.553. The molecule has 0 amide bonds. The molecule has 0 aliphatic rings. The van der Waals surface area contributed by atoms with E-state index in [-0.39, 0.29) is 5.69 Å². The molecule has 6 nitrogen and oxygen atoms in total. The molecule has 20 heavy (non-hydrogen) atoms. The first-order valence-corrected chi connectivity index (χ1v) is 6.40. The van der Waals surface area contributed by atoms with Gasteiger partial charge in [-0.1, -0.05) is 22.0 Å². The molecule has 0 radical (unpaired) electrons. The number of esters is 1. The molecule has 0 saturated heterocycles. The van der Waals surface area contributed by atoms with Crippen molar-refractivity contribution in [2.24, 2.45) is 0 Å². The predicted octanol–water partition coefficient (Wildman–Crippen LogP) is 2.77. The first kappa shape index (κ1) is 14.1. The van der Waals surface area contributed by atoms with Crippen molar-refractivity contribution in [3.05, 3.63) is 46.3 Å². The van der Waals surface area contributed by atoms with Crippen molar-refractivity contribution in [2.45, 2.75) is 0 Å². The number of aromatic nitrogens is 2. The van der Waals surface area contributed by atoms with Crippen LogP contribution >= 0.6 is 15.9 Å². The summed E-state index contributed by atoms with van der Waals surface area (Å²) in [5, 5.41) is 10.4. The van der Waals surface area contributed by atoms with Gasteiger partial charge in [0.1, 0.15) is 5.82 Å². The third kappa shape index (κ3) is 3.18. The van der Waals surface area contributed by atoms with Crippen molar-refractivity contribution in [1.82, 2.24) is 9.97 Å². The summed E-state index contributed by atoms with van der Waals surface area (Å²) in [7, 11) is 1.28. The van der Waals surface area contributed by atoms with E-state index in [9.17, 15) is 4.79 Å². The summed E-state index contributed by atoms with van der Waals surface area (Å²) in [5.41, 5.74) is 1.49. The third-order valence-electron chi connectivity index (χ3n) is 2.46. The van der Waals surface area contributed by atoms with Crippen LogP contribution in [0.15, 0.2) is 35.1 Å². The van der Waals surface area contributed by atoms with Crippen molar-refractivity contribution in [3.63, 3.8) is 0 Å². The molecule has 2 N–H and O–H groups in total. The zero-order chi connectivity index (χ0) is 14.5. The monoisotopic (exact) mass is 334 g/mol. The SMILES string of the molecule is COC(=O)c1cncc(Nc2cc(Br)ccc2C=N)n1. The number of nitrogens with one attached hydrogen (secondary N) is 2. The van der Waals surface area contributed by atoms with Gasteiger partial charge in [-0.25, -0.2) is 9.78 Å². The van der Waals surface area contributed by atoms with E-state index < -0.39 is 5.97 Å². The van der Waals surface area contributed by atoms with Crippen molar-refractivity contribution < 1.29 is 9.53 Å². The summed E-state index contributed by atoms with van der Waals surface area (Å²) in [4.78, 5) is 19.4. The molecule has 102 valence electrons. The van der Waals surface area contributed by atoms with E-state index in [2.05, 4.69) is 36.0 Å². The Kier molecular flexibility index (Phi) is 4.41. The highest BCUT2D eigenvalue weighted by molar-refractivity contribution is 9.10. The van der Waals surface area contributed by atoms with Gasteiger partial charge in [0.2, 0.25) is 0 Å². The molecular formula is C13H11BrN4O2. The second kappa shape index (κ2) is 6.25. The Morgan fingerprint density at radius 1 is 1.45 bits per heavy atom. The average Bonchev–Trinajstić information content (AvgIpc) is 2.47. The smallest absolute Gasteiger partial charge is 0.358 e. The van der Waals surface area contributed by atoms with Crippen LogP contribution in [0.4, 0.5) is 11.5 Å². The van der Waals surface area contributed by atoms with Gasteiger partial charge in [-0.15, -0.1) is 0 Å². The Bertz CT molecular complexity index is 661. The normalized spacial score (nSPS) is 9.90. The fourth-order valence-corrected chi connectivity index (χ4v) is 1.89. The Morgan fingerprint density at radius 2 is 2.25 bits per heavy atom. The van der Waals surface area contributed by atoms with E-state index in [1.165, 1.54) is 25.7 Å². The molecule has 0 unspecified atom stereocenters. The zero-order valence-electron chi connectivity index (χ0n) is 10.6. The first-order chi connectivity index (χ1) is 9.63. The van der Waals surface area contributed by atoms with Gasteiger partial charge in [-0.05, 0) is 12.1 Å². The molecule has 2 aromatic rings. The van der Waals surface area contributed by atoms with E-state index in [1.807, 2.05) is 12.1 Å². The topological polar surface area (TPSA) is 88.0 Å². The van der Waals surface area contributed by atoms with Gasteiger partial charge in [0.15, 0.2) is 5.69 Å². The van der Waals surface area contributed by atoms with Crippen LogP contribution in [0.25, 0.3) is 0 Å². The van der Waals surface area contributed by atoms with Crippen LogP contribution in [0.5, 0.6) is 0 Å². The maximum absolute atomic E-state index is 11.4. The third-order valence-corrected chi connectivity index (χ3v) is 2.96. The quantitative estimate of drug-likeness (QED) is 0.663. The highest BCUT2D eigenvalue weighted by Crippen LogP contribution is 2.23. The van der Waals surface area contributed by atoms with Gasteiger partial charge in [0.05, 0.1) is 19.5 Å². The van der Waals surface area contributed by atoms with Crippen molar-refractivity contribution in [2.75, 3.05) is 12.4 Å². The Labute approximate surface area is 123 Å². The minimum Gasteiger partial charge on any atom is -0.464 e. The maximum atomic E-state index is 11.4. The molecule has 0 fully saturated rings. The number of hydrogen-bond acceptors (Lipinski definition) is 6. The summed E-state index contributed by atoms with van der Waals surface area (Å²) in [5.74, 6) is -0.156. The molecule has 1 aromatic carbocycles. The molecule has 1 heterocycles. The van der Waals surface area contributed by atoms with Crippen LogP contribution in [0, 0.1) is 5.41 Å². The van der Waals surface area contributed by atoms with Gasteiger partial charge in [0.25, 0.3) is 0 Å². The fourth-order valence-electron chi connectivity index (χ4n) is 1.53. The van der Waals surface area contributed by atoms with Crippen LogP contribution in [0.3, 0.4) is 0 Å². The lowest BCUT2D eigenvalue weighted by atomic mass is 10.2. The number of carbonyl (C=O) groups excluding carboxylic acids is 1. The van der Waals surface area contributed by atoms with Gasteiger partial charge >= 0.3 is 5.97 Å². The van der Waals surface area contributed by atoms with Gasteiger partial charge < -0.3 is 15.5 Å². The number of methoxy groups -OCH3 is 1. The Balaban J connectivity index is 2.32. The zero-order valence-corrected chi connectivity index (χ0v) is 12.1. The molecule has 0 atom stereocenters. The number of ether oxygens (including phenoxy) is 1. The van der Waals surface area contributed by atoms with Crippen molar-refractivity contribution in [1.29, 1.82) is 5.41 Å². The second-order valence-electron chi connectivity index (χ2n) is 3.78. The summed E-state index contributed by atoms with van der Waals surface area (Å²) < 4.78 is 5.46. The van der Waals surface area contributed by atoms with E-state index in [4.69, 9.17) is 5.41 Å². The van der Waals surface area contributed by atoms with E-state index in [0.717, 1.165) is 4.47 Å². The number of halogens is 1. The lowest BCUT2D eigenvalue weighted by molar-refractivity contribution is 0.0593. The molecule has 0 bridgehead atoms. The number of rotatable bonds is 4. The summed E-state index contributed by atoms with van der Waals surface area (Å²) in [6, 6.07) is 5.44. The van der Waals surface area contributed by atoms with Crippen molar-refractivity contribution >= 4 is 39.6 Å². The van der Waals surface area contributed by atoms with Gasteiger partial charge in [0, 0.05) is 21.9 Å². The number of benzene rings is 1. The van der Waals surface area contributed by atoms with Crippen LogP contribution < -0.4 is 5.32 Å². The minimum absolute atomic E-state index is 0.115. The Hall–Kier alpha value is -2.28. The van der Waals surface area contributed by atoms with Crippen molar-refractivity contribution in [3.8, 4) is 0 Å². The molecule has 1 aromatic heterocycles. The fraction of sp³-hybridized carbons (Fsp3) is 0.0769. The molecule has 0 aliphatic heterocycles. The molecule has 0 saturated carbocycles. The standard InChI is InChI=1S/C13H11BrN4O2/c1-20-13(19)11-6-16-7-12(18-11)17-10-4-9(14)3-2-8(10)5-15/h2-7,15H,1H3,(H,17,18). The number of anilines is 2. The van der Waals surface area contributed by atoms with E-state index in [0.29, 0.717) is 17.1 Å². The molecule has 2 rings (SSSR count). The van der Waals surface area contributed by atoms with Crippen LogP contribution in [0.1, 0.15) is 16.1 Å². The maximum Gasteiger partial charge on any atom is 0.358 e. The summed E-state index contributed by atoms with van der Waals surface area (Å²) >= 11 is 3.36. The highest BCUT2D eigenvalue weighted by atomic mass is 79.9. The summed E-state index contributed by atoms with van der Waals surface area (Å²) in [6.45, 7) is 0. The van der Waals surface area contributed by atoms with E-state index in [1.54, 1.807) is 6.07 Å².